The zero-order chi connectivity index (χ0) is 25.9. The number of amides is 1. The molecule has 0 bridgehead atoms. The summed E-state index contributed by atoms with van der Waals surface area (Å²) in [5, 5.41) is 11.5. The van der Waals surface area contributed by atoms with Crippen molar-refractivity contribution < 1.29 is 24.2 Å². The minimum absolute atomic E-state index is 0.0638. The lowest BCUT2D eigenvalue weighted by Crippen LogP contribution is -2.29. The van der Waals surface area contributed by atoms with Crippen LogP contribution in [0.1, 0.15) is 54.5 Å². The number of methoxy groups -OCH3 is 1. The van der Waals surface area contributed by atoms with Crippen LogP contribution in [0.15, 0.2) is 72.3 Å². The molecular formula is C31H31NO5. The maximum absolute atomic E-state index is 13.5. The largest absolute Gasteiger partial charge is 0.507 e. The van der Waals surface area contributed by atoms with E-state index in [9.17, 15) is 14.7 Å². The first-order valence-electron chi connectivity index (χ1n) is 12.8. The molecule has 2 aliphatic rings. The number of aryl methyl sites for hydroxylation is 2. The van der Waals surface area contributed by atoms with E-state index in [0.29, 0.717) is 34.9 Å². The molecule has 3 aromatic carbocycles. The number of carbonyl (C=O) groups excluding carboxylic acids is 2. The van der Waals surface area contributed by atoms with Gasteiger partial charge in [-0.15, -0.1) is 0 Å². The molecule has 3 aromatic rings. The number of benzene rings is 3. The van der Waals surface area contributed by atoms with Crippen LogP contribution in [-0.4, -0.2) is 30.5 Å². The summed E-state index contributed by atoms with van der Waals surface area (Å²) in [6.45, 7) is 2.56. The summed E-state index contributed by atoms with van der Waals surface area (Å²) in [6.07, 6.45) is 5.05. The zero-order valence-electron chi connectivity index (χ0n) is 21.2. The molecule has 1 saturated heterocycles. The fourth-order valence-electron chi connectivity index (χ4n) is 5.21. The minimum atomic E-state index is -0.826. The van der Waals surface area contributed by atoms with Gasteiger partial charge in [0.2, 0.25) is 0 Å². The van der Waals surface area contributed by atoms with E-state index in [1.807, 2.05) is 43.3 Å². The quantitative estimate of drug-likeness (QED) is 0.247. The summed E-state index contributed by atoms with van der Waals surface area (Å²) in [7, 11) is 1.57. The van der Waals surface area contributed by atoms with Gasteiger partial charge < -0.3 is 14.6 Å². The van der Waals surface area contributed by atoms with Gasteiger partial charge >= 0.3 is 0 Å². The second-order valence-electron chi connectivity index (χ2n) is 9.48. The third-order valence-electron chi connectivity index (χ3n) is 7.04. The molecule has 1 N–H and O–H groups in total. The molecule has 6 nitrogen and oxygen atoms in total. The van der Waals surface area contributed by atoms with Crippen LogP contribution in [0.2, 0.25) is 0 Å². The maximum atomic E-state index is 13.5. The Bertz CT molecular complexity index is 1380. The van der Waals surface area contributed by atoms with Crippen molar-refractivity contribution in [2.45, 2.75) is 45.1 Å². The van der Waals surface area contributed by atoms with Crippen molar-refractivity contribution in [3.63, 3.8) is 0 Å². The van der Waals surface area contributed by atoms with Crippen LogP contribution in [0.3, 0.4) is 0 Å². The Hall–Kier alpha value is -4.06. The summed E-state index contributed by atoms with van der Waals surface area (Å²) in [5.41, 5.74) is 4.26. The van der Waals surface area contributed by atoms with Crippen molar-refractivity contribution in [3.05, 3.63) is 94.6 Å². The van der Waals surface area contributed by atoms with Gasteiger partial charge in [0.25, 0.3) is 11.7 Å². The summed E-state index contributed by atoms with van der Waals surface area (Å²) < 4.78 is 11.2. The molecule has 190 valence electrons. The van der Waals surface area contributed by atoms with Gasteiger partial charge in [0.15, 0.2) is 0 Å². The number of Topliss-reactive ketones (excluding diaryl/α,β-unsaturated/α-hetero) is 1. The lowest BCUT2D eigenvalue weighted by Gasteiger charge is -2.26. The molecule has 1 aliphatic carbocycles. The molecule has 1 atom stereocenters. The molecule has 1 fully saturated rings. The lowest BCUT2D eigenvalue weighted by molar-refractivity contribution is -0.132. The number of anilines is 1. The maximum Gasteiger partial charge on any atom is 0.300 e. The van der Waals surface area contributed by atoms with Gasteiger partial charge in [-0.25, -0.2) is 0 Å². The second-order valence-corrected chi connectivity index (χ2v) is 9.48. The number of aliphatic hydroxyl groups is 1. The Balaban J connectivity index is 1.66. The van der Waals surface area contributed by atoms with Crippen molar-refractivity contribution in [2.75, 3.05) is 18.6 Å². The summed E-state index contributed by atoms with van der Waals surface area (Å²) in [5.74, 6) is -0.374. The minimum Gasteiger partial charge on any atom is -0.507 e. The number of ketones is 1. The lowest BCUT2D eigenvalue weighted by atomic mass is 9.88. The van der Waals surface area contributed by atoms with Gasteiger partial charge in [-0.05, 0) is 79.1 Å². The third kappa shape index (κ3) is 4.71. The van der Waals surface area contributed by atoms with E-state index >= 15 is 0 Å². The van der Waals surface area contributed by atoms with Crippen molar-refractivity contribution in [2.24, 2.45) is 0 Å². The third-order valence-corrected chi connectivity index (χ3v) is 7.04. The SMILES string of the molecule is CCCOc1cccc(N2C(=O)C(=O)/C(=C(\O)c3ccc4c(c3)CCCC4)C2c2cccc(OC)c2)c1. The number of hydrogen-bond donors (Lipinski definition) is 1. The van der Waals surface area contributed by atoms with E-state index in [1.165, 1.54) is 16.0 Å². The molecule has 0 saturated carbocycles. The zero-order valence-corrected chi connectivity index (χ0v) is 21.2. The predicted molar refractivity (Wildman–Crippen MR) is 143 cm³/mol. The number of rotatable bonds is 7. The summed E-state index contributed by atoms with van der Waals surface area (Å²) in [4.78, 5) is 28.5. The molecule has 0 spiro atoms. The van der Waals surface area contributed by atoms with Crippen LogP contribution in [0.5, 0.6) is 11.5 Å². The molecule has 1 aliphatic heterocycles. The molecule has 0 aromatic heterocycles. The van der Waals surface area contributed by atoms with Gasteiger partial charge in [-0.1, -0.05) is 37.3 Å². The van der Waals surface area contributed by atoms with E-state index in [4.69, 9.17) is 9.47 Å². The van der Waals surface area contributed by atoms with Crippen LogP contribution in [-0.2, 0) is 22.4 Å². The summed E-state index contributed by atoms with van der Waals surface area (Å²) >= 11 is 0. The monoisotopic (exact) mass is 497 g/mol. The van der Waals surface area contributed by atoms with Gasteiger partial charge in [0.1, 0.15) is 17.3 Å². The number of nitrogens with zero attached hydrogens (tertiary/aromatic N) is 1. The average Bonchev–Trinajstić information content (AvgIpc) is 3.21. The van der Waals surface area contributed by atoms with E-state index in [-0.39, 0.29) is 11.3 Å². The second kappa shape index (κ2) is 10.5. The normalized spacial score (nSPS) is 18.5. The smallest absolute Gasteiger partial charge is 0.300 e. The Morgan fingerprint density at radius 1 is 0.946 bits per heavy atom. The number of carbonyl (C=O) groups is 2. The fourth-order valence-corrected chi connectivity index (χ4v) is 5.21. The molecular weight excluding hydrogens is 466 g/mol. The molecule has 6 heteroatoms. The Kier molecular flexibility index (Phi) is 6.99. The topological polar surface area (TPSA) is 76.1 Å². The first-order valence-corrected chi connectivity index (χ1v) is 12.8. The van der Waals surface area contributed by atoms with E-state index in [2.05, 4.69) is 0 Å². The Morgan fingerprint density at radius 2 is 1.70 bits per heavy atom. The van der Waals surface area contributed by atoms with Crippen molar-refractivity contribution in [1.82, 2.24) is 0 Å². The first-order chi connectivity index (χ1) is 18.0. The van der Waals surface area contributed by atoms with Gasteiger partial charge in [-0.2, -0.15) is 0 Å². The van der Waals surface area contributed by atoms with Crippen LogP contribution >= 0.6 is 0 Å². The summed E-state index contributed by atoms with van der Waals surface area (Å²) in [6, 6.07) is 19.4. The first kappa shape index (κ1) is 24.6. The van der Waals surface area contributed by atoms with Crippen molar-refractivity contribution in [3.8, 4) is 11.5 Å². The fraction of sp³-hybridized carbons (Fsp3) is 0.290. The number of fused-ring (bicyclic) bond motifs is 1. The molecule has 0 radical (unpaired) electrons. The van der Waals surface area contributed by atoms with E-state index in [1.54, 1.807) is 37.4 Å². The number of ether oxygens (including phenoxy) is 2. The average molecular weight is 498 g/mol. The highest BCUT2D eigenvalue weighted by Gasteiger charge is 2.47. The van der Waals surface area contributed by atoms with Crippen LogP contribution in [0, 0.1) is 0 Å². The standard InChI is InChI=1S/C31H31NO5/c1-3-16-37-26-13-7-11-24(19-26)32-28(22-10-6-12-25(18-22)36-2)27(30(34)31(32)35)29(33)23-15-14-20-8-4-5-9-21(20)17-23/h6-7,10-15,17-19,28,33H,3-5,8-9,16H2,1-2H3/b29-27-. The van der Waals surface area contributed by atoms with Crippen molar-refractivity contribution >= 4 is 23.1 Å². The molecule has 37 heavy (non-hydrogen) atoms. The molecule has 1 heterocycles. The van der Waals surface area contributed by atoms with Crippen LogP contribution in [0.4, 0.5) is 5.69 Å². The van der Waals surface area contributed by atoms with Gasteiger partial charge in [0, 0.05) is 17.3 Å². The molecule has 1 amide bonds. The highest BCUT2D eigenvalue weighted by atomic mass is 16.5. The number of aliphatic hydroxyl groups excluding tert-OH is 1. The van der Waals surface area contributed by atoms with Gasteiger partial charge in [-0.3, -0.25) is 14.5 Å². The Morgan fingerprint density at radius 3 is 2.49 bits per heavy atom. The Labute approximate surface area is 217 Å². The van der Waals surface area contributed by atoms with Crippen molar-refractivity contribution in [1.29, 1.82) is 0 Å². The van der Waals surface area contributed by atoms with E-state index in [0.717, 1.165) is 32.1 Å². The van der Waals surface area contributed by atoms with E-state index < -0.39 is 17.7 Å². The highest BCUT2D eigenvalue weighted by molar-refractivity contribution is 6.51. The molecule has 1 unspecified atom stereocenters. The predicted octanol–water partition coefficient (Wildman–Crippen LogP) is 5.99. The van der Waals surface area contributed by atoms with Crippen LogP contribution in [0.25, 0.3) is 5.76 Å². The molecule has 5 rings (SSSR count). The number of hydrogen-bond acceptors (Lipinski definition) is 5. The van der Waals surface area contributed by atoms with Crippen LogP contribution < -0.4 is 14.4 Å². The van der Waals surface area contributed by atoms with Gasteiger partial charge in [0.05, 0.1) is 25.3 Å². The highest BCUT2D eigenvalue weighted by Crippen LogP contribution is 2.43.